The molecule has 1 aliphatic carbocycles. The van der Waals surface area contributed by atoms with E-state index in [4.69, 9.17) is 9.84 Å². The lowest BCUT2D eigenvalue weighted by Crippen LogP contribution is -2.30. The van der Waals surface area contributed by atoms with E-state index in [9.17, 15) is 22.5 Å². The van der Waals surface area contributed by atoms with E-state index >= 15 is 0 Å². The van der Waals surface area contributed by atoms with Gasteiger partial charge in [-0.25, -0.2) is 13.9 Å². The third-order valence-electron chi connectivity index (χ3n) is 7.14. The molecule has 0 spiro atoms. The van der Waals surface area contributed by atoms with Crippen LogP contribution in [0.3, 0.4) is 0 Å². The van der Waals surface area contributed by atoms with Crippen molar-refractivity contribution < 1.29 is 27.3 Å². The summed E-state index contributed by atoms with van der Waals surface area (Å²) in [6, 6.07) is 9.18. The fraction of sp³-hybridized carbons (Fsp3) is 0.269. The van der Waals surface area contributed by atoms with Gasteiger partial charge in [0, 0.05) is 47.6 Å². The molecule has 0 fully saturated rings. The third-order valence-corrected chi connectivity index (χ3v) is 8.49. The zero-order chi connectivity index (χ0) is 26.2. The van der Waals surface area contributed by atoms with Gasteiger partial charge in [0.2, 0.25) is 0 Å². The molecule has 0 N–H and O–H groups in total. The number of carbonyl (C=O) groups is 1. The number of carbonyl (C=O) groups excluding carboxylic acids is 1. The Morgan fingerprint density at radius 3 is 2.62 bits per heavy atom. The van der Waals surface area contributed by atoms with Gasteiger partial charge in [0.05, 0.1) is 17.3 Å². The number of benzene rings is 1. The van der Waals surface area contributed by atoms with E-state index in [-0.39, 0.29) is 23.1 Å². The summed E-state index contributed by atoms with van der Waals surface area (Å²) in [4.78, 5) is 19.0. The highest BCUT2D eigenvalue weighted by molar-refractivity contribution is 7.69. The van der Waals surface area contributed by atoms with Gasteiger partial charge in [-0.15, -0.1) is 0 Å². The lowest BCUT2D eigenvalue weighted by Gasteiger charge is -2.23. The minimum Gasteiger partial charge on any atom is -0.434 e. The van der Waals surface area contributed by atoms with Crippen LogP contribution in [0.2, 0.25) is 0 Å². The normalized spacial score (nSPS) is 18.8. The number of pyridine rings is 2. The molecule has 4 aromatic rings. The minimum absolute atomic E-state index is 0.0336. The fourth-order valence-corrected chi connectivity index (χ4v) is 6.44. The van der Waals surface area contributed by atoms with Gasteiger partial charge in [-0.05, 0) is 55.6 Å². The summed E-state index contributed by atoms with van der Waals surface area (Å²) in [5, 5.41) is 4.73. The van der Waals surface area contributed by atoms with Crippen molar-refractivity contribution in [2.45, 2.75) is 25.0 Å². The van der Waals surface area contributed by atoms with Crippen LogP contribution in [0.5, 0.6) is 5.75 Å². The SMILES string of the molecule is CN1C(=O)c2cccc(OC(F)F)c2[C@H]2C[C@@H]1c1nn3ccc(-c4cnc(P(C)(C)=O)c(F)c4)cc3c12. The quantitative estimate of drug-likeness (QED) is 0.348. The second kappa shape index (κ2) is 8.18. The summed E-state index contributed by atoms with van der Waals surface area (Å²) in [6.45, 7) is -0.112. The van der Waals surface area contributed by atoms with Crippen LogP contribution in [0.4, 0.5) is 13.2 Å². The average Bonchev–Trinajstić information content (AvgIpc) is 3.35. The third kappa shape index (κ3) is 3.65. The molecule has 4 heterocycles. The van der Waals surface area contributed by atoms with Crippen molar-refractivity contribution in [1.29, 1.82) is 0 Å². The largest absolute Gasteiger partial charge is 0.434 e. The first-order chi connectivity index (χ1) is 17.5. The van der Waals surface area contributed by atoms with Crippen molar-refractivity contribution in [3.8, 4) is 16.9 Å². The summed E-state index contributed by atoms with van der Waals surface area (Å²) in [5.41, 5.74) is 4.06. The first kappa shape index (κ1) is 23.7. The predicted molar refractivity (Wildman–Crippen MR) is 132 cm³/mol. The van der Waals surface area contributed by atoms with Gasteiger partial charge in [0.15, 0.2) is 5.82 Å². The molecular formula is C26H22F3N4O3P. The molecule has 37 heavy (non-hydrogen) atoms. The molecule has 7 nitrogen and oxygen atoms in total. The van der Waals surface area contributed by atoms with Crippen LogP contribution in [0.25, 0.3) is 16.6 Å². The standard InChI is InChI=1S/C26H22F3N4O3P/c1-32-19-11-16(21-15(25(32)34)5-4-6-20(21)36-26(28)29)22-18-10-13(7-8-33(18)31-23(19)22)14-9-17(27)24(30-12-14)37(2,3)35/h4-10,12,16,19,26H,11H2,1-3H3/t16-,19-/m1/s1. The number of hydrogen-bond acceptors (Lipinski definition) is 5. The van der Waals surface area contributed by atoms with E-state index in [0.29, 0.717) is 39.9 Å². The average molecular weight is 526 g/mol. The molecule has 2 atom stereocenters. The Morgan fingerprint density at radius 2 is 1.92 bits per heavy atom. The molecule has 2 aliphatic rings. The minimum atomic E-state index is -3.04. The molecule has 1 aliphatic heterocycles. The molecular weight excluding hydrogens is 504 g/mol. The van der Waals surface area contributed by atoms with Crippen molar-refractivity contribution in [2.24, 2.45) is 0 Å². The molecule has 0 unspecified atom stereocenters. The van der Waals surface area contributed by atoms with Crippen LogP contribution in [0.1, 0.15) is 45.6 Å². The van der Waals surface area contributed by atoms with Gasteiger partial charge in [-0.1, -0.05) is 6.07 Å². The summed E-state index contributed by atoms with van der Waals surface area (Å²) < 4.78 is 60.2. The van der Waals surface area contributed by atoms with E-state index < -0.39 is 25.5 Å². The maximum Gasteiger partial charge on any atom is 0.387 e. The first-order valence-corrected chi connectivity index (χ1v) is 14.2. The number of ether oxygens (including phenoxy) is 1. The van der Waals surface area contributed by atoms with Crippen LogP contribution < -0.4 is 10.2 Å². The lowest BCUT2D eigenvalue weighted by atomic mass is 9.88. The molecule has 0 radical (unpaired) electrons. The molecule has 1 amide bonds. The topological polar surface area (TPSA) is 76.8 Å². The number of fused-ring (bicyclic) bond motifs is 9. The molecule has 3 aromatic heterocycles. The number of nitrogens with zero attached hydrogens (tertiary/aromatic N) is 4. The van der Waals surface area contributed by atoms with Gasteiger partial charge in [0.25, 0.3) is 5.91 Å². The summed E-state index contributed by atoms with van der Waals surface area (Å²) in [5.74, 6) is -1.36. The van der Waals surface area contributed by atoms with Gasteiger partial charge >= 0.3 is 6.61 Å². The van der Waals surface area contributed by atoms with Crippen LogP contribution in [0.15, 0.2) is 48.8 Å². The molecule has 2 bridgehead atoms. The number of aromatic nitrogens is 3. The number of amides is 1. The van der Waals surface area contributed by atoms with Crippen molar-refractivity contribution >= 4 is 24.0 Å². The van der Waals surface area contributed by atoms with E-state index in [1.165, 1.54) is 37.7 Å². The Morgan fingerprint density at radius 1 is 1.14 bits per heavy atom. The van der Waals surface area contributed by atoms with E-state index in [0.717, 1.165) is 5.56 Å². The second-order valence-corrected chi connectivity index (χ2v) is 12.9. The number of halogens is 3. The van der Waals surface area contributed by atoms with Crippen LogP contribution in [-0.2, 0) is 4.57 Å². The second-order valence-electron chi connectivity index (χ2n) is 9.74. The Labute approximate surface area is 210 Å². The maximum absolute atomic E-state index is 14.8. The summed E-state index contributed by atoms with van der Waals surface area (Å²) in [6.07, 6.45) is 3.69. The highest BCUT2D eigenvalue weighted by atomic mass is 31.2. The highest BCUT2D eigenvalue weighted by Gasteiger charge is 2.46. The molecule has 0 saturated heterocycles. The van der Waals surface area contributed by atoms with Crippen LogP contribution in [0, 0.1) is 5.82 Å². The first-order valence-electron chi connectivity index (χ1n) is 11.6. The summed E-state index contributed by atoms with van der Waals surface area (Å²) in [7, 11) is -1.20. The van der Waals surface area contributed by atoms with Gasteiger partial charge in [-0.3, -0.25) is 4.79 Å². The zero-order valence-electron chi connectivity index (χ0n) is 20.2. The molecule has 0 saturated carbocycles. The smallest absolute Gasteiger partial charge is 0.387 e. The summed E-state index contributed by atoms with van der Waals surface area (Å²) >= 11 is 0. The van der Waals surface area contributed by atoms with Crippen molar-refractivity contribution in [3.05, 3.63) is 77.0 Å². The Hall–Kier alpha value is -3.65. The molecule has 1 aromatic carbocycles. The monoisotopic (exact) mass is 526 g/mol. The van der Waals surface area contributed by atoms with E-state index in [2.05, 4.69) is 4.98 Å². The number of rotatable bonds is 4. The van der Waals surface area contributed by atoms with Gasteiger partial charge in [-0.2, -0.15) is 13.9 Å². The molecule has 6 rings (SSSR count). The molecule has 11 heteroatoms. The van der Waals surface area contributed by atoms with E-state index in [1.807, 2.05) is 6.07 Å². The Balaban J connectivity index is 1.54. The van der Waals surface area contributed by atoms with Crippen LogP contribution >= 0.6 is 7.14 Å². The Kier molecular flexibility index (Phi) is 5.25. The van der Waals surface area contributed by atoms with Crippen molar-refractivity contribution in [3.63, 3.8) is 0 Å². The fourth-order valence-electron chi connectivity index (χ4n) is 5.53. The van der Waals surface area contributed by atoms with E-state index in [1.54, 1.807) is 34.8 Å². The predicted octanol–water partition coefficient (Wildman–Crippen LogP) is 5.05. The zero-order valence-corrected chi connectivity index (χ0v) is 21.0. The Bertz CT molecular complexity index is 1650. The number of alkyl halides is 2. The molecule has 190 valence electrons. The van der Waals surface area contributed by atoms with Crippen LogP contribution in [-0.4, -0.2) is 52.4 Å². The van der Waals surface area contributed by atoms with Crippen molar-refractivity contribution in [2.75, 3.05) is 20.4 Å². The van der Waals surface area contributed by atoms with Gasteiger partial charge in [0.1, 0.15) is 18.3 Å². The van der Waals surface area contributed by atoms with Crippen molar-refractivity contribution in [1.82, 2.24) is 19.5 Å². The number of hydrogen-bond donors (Lipinski definition) is 0. The highest BCUT2D eigenvalue weighted by Crippen LogP contribution is 2.53. The van der Waals surface area contributed by atoms with Gasteiger partial charge < -0.3 is 14.2 Å². The maximum atomic E-state index is 14.8. The lowest BCUT2D eigenvalue weighted by molar-refractivity contribution is -0.0505.